The quantitative estimate of drug-likeness (QED) is 0.750. The van der Waals surface area contributed by atoms with E-state index in [-0.39, 0.29) is 10.7 Å². The van der Waals surface area contributed by atoms with Crippen molar-refractivity contribution in [3.63, 3.8) is 0 Å². The van der Waals surface area contributed by atoms with Gasteiger partial charge in [-0.3, -0.25) is 9.58 Å². The maximum absolute atomic E-state index is 13.8. The number of halogens is 2. The predicted octanol–water partition coefficient (Wildman–Crippen LogP) is 4.34. The highest BCUT2D eigenvalue weighted by Crippen LogP contribution is 2.27. The third-order valence-electron chi connectivity index (χ3n) is 4.00. The largest absolute Gasteiger partial charge is 0.326 e. The summed E-state index contributed by atoms with van der Waals surface area (Å²) in [5.41, 5.74) is 2.44. The molecule has 0 aliphatic heterocycles. The van der Waals surface area contributed by atoms with Gasteiger partial charge in [0.15, 0.2) is 0 Å². The third kappa shape index (κ3) is 2.80. The van der Waals surface area contributed by atoms with Crippen LogP contribution in [0, 0.1) is 12.7 Å². The van der Waals surface area contributed by atoms with Gasteiger partial charge >= 0.3 is 6.03 Å². The maximum atomic E-state index is 13.8. The molecule has 1 N–H and O–H groups in total. The number of hydrogen-bond acceptors (Lipinski definition) is 2. The standard InChI is InChI=1S/C17H16ClFN4O/c1-10-12-8-7-11(9-15(12)21-23(10)3)22(2)17(24)20-16-13(18)5-4-6-14(16)19/h4-9H,1-3H3,(H,20,24). The lowest BCUT2D eigenvalue weighted by molar-refractivity contribution is 0.258. The molecule has 0 aliphatic carbocycles. The van der Waals surface area contributed by atoms with Gasteiger partial charge in [-0.1, -0.05) is 17.7 Å². The van der Waals surface area contributed by atoms with Gasteiger partial charge in [0.25, 0.3) is 0 Å². The number of anilines is 2. The second-order valence-electron chi connectivity index (χ2n) is 5.50. The maximum Gasteiger partial charge on any atom is 0.326 e. The normalized spacial score (nSPS) is 10.9. The summed E-state index contributed by atoms with van der Waals surface area (Å²) in [5, 5.41) is 8.07. The van der Waals surface area contributed by atoms with Crippen molar-refractivity contribution in [1.29, 1.82) is 0 Å². The van der Waals surface area contributed by atoms with Gasteiger partial charge in [0.1, 0.15) is 5.82 Å². The van der Waals surface area contributed by atoms with E-state index in [0.717, 1.165) is 16.6 Å². The molecule has 0 radical (unpaired) electrons. The van der Waals surface area contributed by atoms with Crippen LogP contribution < -0.4 is 10.2 Å². The smallest absolute Gasteiger partial charge is 0.304 e. The zero-order valence-corrected chi connectivity index (χ0v) is 14.2. The summed E-state index contributed by atoms with van der Waals surface area (Å²) in [4.78, 5) is 13.8. The number of amides is 2. The minimum absolute atomic E-state index is 0.0363. The van der Waals surface area contributed by atoms with Crippen LogP contribution in [0.5, 0.6) is 0 Å². The number of rotatable bonds is 2. The van der Waals surface area contributed by atoms with E-state index in [1.54, 1.807) is 11.7 Å². The zero-order chi connectivity index (χ0) is 17.4. The fraction of sp³-hybridized carbons (Fsp3) is 0.176. The molecule has 0 bridgehead atoms. The average Bonchev–Trinajstić information content (AvgIpc) is 2.84. The first-order valence-electron chi connectivity index (χ1n) is 7.30. The molecule has 3 rings (SSSR count). The average molecular weight is 347 g/mol. The topological polar surface area (TPSA) is 50.2 Å². The molecule has 0 aliphatic rings. The predicted molar refractivity (Wildman–Crippen MR) is 94.3 cm³/mol. The van der Waals surface area contributed by atoms with E-state index < -0.39 is 11.8 Å². The number of benzene rings is 2. The van der Waals surface area contributed by atoms with Crippen LogP contribution in [0.15, 0.2) is 36.4 Å². The molecule has 5 nitrogen and oxygen atoms in total. The first-order chi connectivity index (χ1) is 11.4. The Balaban J connectivity index is 1.88. The van der Waals surface area contributed by atoms with Crippen LogP contribution in [-0.2, 0) is 7.05 Å². The third-order valence-corrected chi connectivity index (χ3v) is 4.32. The number of carbonyl (C=O) groups excluding carboxylic acids is 1. The molecule has 7 heteroatoms. The number of aryl methyl sites for hydroxylation is 2. The van der Waals surface area contributed by atoms with Crippen molar-refractivity contribution in [2.45, 2.75) is 6.92 Å². The number of fused-ring (bicyclic) bond motifs is 1. The molecule has 1 heterocycles. The SMILES string of the molecule is Cc1c2ccc(N(C)C(=O)Nc3c(F)cccc3Cl)cc2nn1C. The van der Waals surface area contributed by atoms with E-state index in [1.165, 1.54) is 23.1 Å². The van der Waals surface area contributed by atoms with E-state index in [9.17, 15) is 9.18 Å². The molecule has 0 saturated heterocycles. The van der Waals surface area contributed by atoms with Crippen molar-refractivity contribution in [2.24, 2.45) is 7.05 Å². The van der Waals surface area contributed by atoms with Gasteiger partial charge in [0.05, 0.1) is 16.2 Å². The Labute approximate surface area is 143 Å². The molecule has 1 aromatic heterocycles. The lowest BCUT2D eigenvalue weighted by atomic mass is 10.2. The van der Waals surface area contributed by atoms with Gasteiger partial charge in [-0.05, 0) is 37.3 Å². The van der Waals surface area contributed by atoms with Gasteiger partial charge in [-0.2, -0.15) is 5.10 Å². The van der Waals surface area contributed by atoms with Gasteiger partial charge in [0.2, 0.25) is 0 Å². The molecule has 0 unspecified atom stereocenters. The van der Waals surface area contributed by atoms with Crippen molar-refractivity contribution in [3.8, 4) is 0 Å². The molecule has 0 saturated carbocycles. The van der Waals surface area contributed by atoms with Crippen LogP contribution >= 0.6 is 11.6 Å². The molecule has 2 amide bonds. The molecule has 3 aromatic rings. The van der Waals surface area contributed by atoms with Gasteiger partial charge in [-0.15, -0.1) is 0 Å². The van der Waals surface area contributed by atoms with Crippen LogP contribution in [0.25, 0.3) is 10.9 Å². The molecule has 24 heavy (non-hydrogen) atoms. The number of nitrogens with one attached hydrogen (secondary N) is 1. The lowest BCUT2D eigenvalue weighted by Gasteiger charge is -2.19. The van der Waals surface area contributed by atoms with Crippen molar-refractivity contribution in [1.82, 2.24) is 9.78 Å². The van der Waals surface area contributed by atoms with Crippen LogP contribution in [-0.4, -0.2) is 22.9 Å². The van der Waals surface area contributed by atoms with E-state index in [0.29, 0.717) is 5.69 Å². The Morgan fingerprint density at radius 3 is 2.79 bits per heavy atom. The Hall–Kier alpha value is -2.60. The molecule has 0 atom stereocenters. The second-order valence-corrected chi connectivity index (χ2v) is 5.90. The number of hydrogen-bond donors (Lipinski definition) is 1. The summed E-state index contributed by atoms with van der Waals surface area (Å²) in [7, 11) is 3.46. The number of aromatic nitrogens is 2. The fourth-order valence-electron chi connectivity index (χ4n) is 2.45. The van der Waals surface area contributed by atoms with E-state index in [2.05, 4.69) is 10.4 Å². The highest BCUT2D eigenvalue weighted by Gasteiger charge is 2.16. The molecule has 0 spiro atoms. The Morgan fingerprint density at radius 1 is 1.33 bits per heavy atom. The Morgan fingerprint density at radius 2 is 2.08 bits per heavy atom. The lowest BCUT2D eigenvalue weighted by Crippen LogP contribution is -2.31. The van der Waals surface area contributed by atoms with Gasteiger partial charge in [0, 0.05) is 30.9 Å². The number of para-hydroxylation sites is 1. The molecular formula is C17H16ClFN4O. The van der Waals surface area contributed by atoms with E-state index in [4.69, 9.17) is 11.6 Å². The van der Waals surface area contributed by atoms with E-state index in [1.807, 2.05) is 32.2 Å². The van der Waals surface area contributed by atoms with Crippen LogP contribution in [0.3, 0.4) is 0 Å². The minimum atomic E-state index is -0.583. The summed E-state index contributed by atoms with van der Waals surface area (Å²) in [6.07, 6.45) is 0. The van der Waals surface area contributed by atoms with E-state index >= 15 is 0 Å². The summed E-state index contributed by atoms with van der Waals surface area (Å²) in [6.45, 7) is 1.98. The van der Waals surface area contributed by atoms with Gasteiger partial charge in [-0.25, -0.2) is 9.18 Å². The van der Waals surface area contributed by atoms with Crippen LogP contribution in [0.4, 0.5) is 20.6 Å². The zero-order valence-electron chi connectivity index (χ0n) is 13.5. The number of nitrogens with zero attached hydrogens (tertiary/aromatic N) is 3. The summed E-state index contributed by atoms with van der Waals surface area (Å²) >= 11 is 5.94. The second kappa shape index (κ2) is 6.13. The number of carbonyl (C=O) groups is 1. The molecular weight excluding hydrogens is 331 g/mol. The first kappa shape index (κ1) is 16.3. The minimum Gasteiger partial charge on any atom is -0.304 e. The first-order valence-corrected chi connectivity index (χ1v) is 7.68. The molecule has 2 aromatic carbocycles. The van der Waals surface area contributed by atoms with Crippen molar-refractivity contribution in [2.75, 3.05) is 17.3 Å². The van der Waals surface area contributed by atoms with Crippen LogP contribution in [0.1, 0.15) is 5.69 Å². The molecule has 124 valence electrons. The monoisotopic (exact) mass is 346 g/mol. The highest BCUT2D eigenvalue weighted by atomic mass is 35.5. The molecule has 0 fully saturated rings. The van der Waals surface area contributed by atoms with Crippen LogP contribution in [0.2, 0.25) is 5.02 Å². The summed E-state index contributed by atoms with van der Waals surface area (Å²) in [6, 6.07) is 9.28. The summed E-state index contributed by atoms with van der Waals surface area (Å²) < 4.78 is 15.6. The Kier molecular flexibility index (Phi) is 4.15. The van der Waals surface area contributed by atoms with Crippen molar-refractivity contribution >= 4 is 39.9 Å². The highest BCUT2D eigenvalue weighted by molar-refractivity contribution is 6.33. The van der Waals surface area contributed by atoms with Crippen molar-refractivity contribution < 1.29 is 9.18 Å². The van der Waals surface area contributed by atoms with Crippen molar-refractivity contribution in [3.05, 3.63) is 52.9 Å². The van der Waals surface area contributed by atoms with Gasteiger partial charge < -0.3 is 5.32 Å². The number of urea groups is 1. The summed E-state index contributed by atoms with van der Waals surface area (Å²) in [5.74, 6) is -0.583. The Bertz CT molecular complexity index is 917. The fourth-order valence-corrected chi connectivity index (χ4v) is 2.66.